The third kappa shape index (κ3) is 7.79. The highest BCUT2D eigenvalue weighted by Gasteiger charge is 2.39. The second kappa shape index (κ2) is 15.8. The molecule has 2 heterocycles. The molecule has 1 aromatic heterocycles. The molecule has 2 aliphatic carbocycles. The minimum atomic E-state index is -0.595. The lowest BCUT2D eigenvalue weighted by Gasteiger charge is -2.36. The maximum atomic E-state index is 14.8. The van der Waals surface area contributed by atoms with Crippen molar-refractivity contribution < 1.29 is 23.9 Å². The van der Waals surface area contributed by atoms with Gasteiger partial charge in [-0.3, -0.25) is 19.5 Å². The smallest absolute Gasteiger partial charge is 0.350 e. The van der Waals surface area contributed by atoms with Crippen molar-refractivity contribution in [2.75, 3.05) is 46.4 Å². The molecule has 10 nitrogen and oxygen atoms in total. The predicted octanol–water partition coefficient (Wildman–Crippen LogP) is 6.09. The number of carbonyl (C=O) groups is 3. The summed E-state index contributed by atoms with van der Waals surface area (Å²) in [6, 6.07) is 24.3. The van der Waals surface area contributed by atoms with Gasteiger partial charge in [0, 0.05) is 43.0 Å². The van der Waals surface area contributed by atoms with Crippen molar-refractivity contribution in [1.82, 2.24) is 19.7 Å². The van der Waals surface area contributed by atoms with E-state index >= 15 is 0 Å². The summed E-state index contributed by atoms with van der Waals surface area (Å²) < 4.78 is 12.0. The molecule has 10 heteroatoms. The molecule has 0 bridgehead atoms. The number of primary amides is 1. The van der Waals surface area contributed by atoms with Gasteiger partial charge in [0.1, 0.15) is 18.0 Å². The van der Waals surface area contributed by atoms with E-state index in [0.717, 1.165) is 58.0 Å². The van der Waals surface area contributed by atoms with Crippen LogP contribution in [0.25, 0.3) is 11.3 Å². The van der Waals surface area contributed by atoms with Crippen molar-refractivity contribution in [2.24, 2.45) is 5.73 Å². The van der Waals surface area contributed by atoms with Crippen LogP contribution in [0.15, 0.2) is 85.1 Å². The highest BCUT2D eigenvalue weighted by molar-refractivity contribution is 6.06. The molecule has 0 radical (unpaired) electrons. The summed E-state index contributed by atoms with van der Waals surface area (Å²) >= 11 is 0. The predicted molar refractivity (Wildman–Crippen MR) is 201 cm³/mol. The van der Waals surface area contributed by atoms with Crippen LogP contribution < -0.4 is 20.3 Å². The van der Waals surface area contributed by atoms with Crippen LogP contribution in [0.1, 0.15) is 86.8 Å². The number of quaternary nitrogens is 1. The minimum Gasteiger partial charge on any atom is -0.490 e. The summed E-state index contributed by atoms with van der Waals surface area (Å²) in [5.74, 6) is -0.257. The van der Waals surface area contributed by atoms with Crippen molar-refractivity contribution in [3.05, 3.63) is 113 Å². The number of morpholine rings is 1. The average molecular weight is 703 g/mol. The van der Waals surface area contributed by atoms with E-state index < -0.39 is 5.91 Å². The van der Waals surface area contributed by atoms with Crippen molar-refractivity contribution in [3.8, 4) is 17.0 Å². The topological polar surface area (TPSA) is 124 Å². The third-order valence-corrected chi connectivity index (χ3v) is 10.9. The molecule has 3 aromatic carbocycles. The van der Waals surface area contributed by atoms with Crippen LogP contribution in [-0.4, -0.2) is 80.1 Å². The first-order valence-corrected chi connectivity index (χ1v) is 18.6. The molecule has 3 N–H and O–H groups in total. The Hall–Kier alpha value is -4.90. The number of aromatic nitrogens is 1. The number of benzene rings is 3. The Morgan fingerprint density at radius 2 is 1.69 bits per heavy atom. The average Bonchev–Trinajstić information content (AvgIpc) is 3.70. The van der Waals surface area contributed by atoms with Crippen molar-refractivity contribution in [1.29, 1.82) is 0 Å². The Balaban J connectivity index is 1.28. The molecule has 3 aliphatic rings. The molecule has 3 amide bonds. The van der Waals surface area contributed by atoms with E-state index in [1.807, 2.05) is 43.4 Å². The molecule has 52 heavy (non-hydrogen) atoms. The summed E-state index contributed by atoms with van der Waals surface area (Å²) in [6.07, 6.45) is 8.95. The number of ether oxygens (including phenoxy) is 2. The van der Waals surface area contributed by atoms with Gasteiger partial charge in [0.25, 0.3) is 5.91 Å². The first-order valence-electron chi connectivity index (χ1n) is 18.6. The minimum absolute atomic E-state index is 0.0679. The standard InChI is InChI=1S/C42H47N5O5/c1-47(23-20-46-21-24-51-25-22-46,42(50)32-11-6-10-30(26-32)40(43)48)39-17-16-34(52-33-12-3-4-13-33)28-36(39)38-27-31(18-19-44-38)41(49)45-37-15-7-9-29-8-2-5-14-35(29)37/h2,5-6,8,10-11,14,16-19,26-28,33,37H,3-4,7,9,12-13,15,20-25H2,1H3,(H2-,43,45,48,49)/p+1/t37?,47-/m0/s1. The molecule has 1 aliphatic heterocycles. The number of hydrogen-bond donors (Lipinski definition) is 2. The molecule has 1 saturated heterocycles. The van der Waals surface area contributed by atoms with E-state index in [2.05, 4.69) is 22.3 Å². The molecule has 2 fully saturated rings. The summed E-state index contributed by atoms with van der Waals surface area (Å²) in [4.78, 5) is 47.9. The van der Waals surface area contributed by atoms with Crippen molar-refractivity contribution in [2.45, 2.75) is 57.1 Å². The van der Waals surface area contributed by atoms with Crippen molar-refractivity contribution >= 4 is 23.4 Å². The molecule has 4 aromatic rings. The lowest BCUT2D eigenvalue weighted by molar-refractivity contribution is 0.0340. The number of carbonyl (C=O) groups excluding carboxylic acids is 3. The number of fused-ring (bicyclic) bond motifs is 1. The van der Waals surface area contributed by atoms with Gasteiger partial charge < -0.3 is 20.5 Å². The van der Waals surface area contributed by atoms with E-state index in [-0.39, 0.29) is 34.0 Å². The molecular weight excluding hydrogens is 654 g/mol. The summed E-state index contributed by atoms with van der Waals surface area (Å²) in [5, 5.41) is 3.28. The fourth-order valence-electron chi connectivity index (χ4n) is 7.88. The first-order chi connectivity index (χ1) is 25.3. The van der Waals surface area contributed by atoms with Gasteiger partial charge in [-0.1, -0.05) is 30.3 Å². The lowest BCUT2D eigenvalue weighted by Crippen LogP contribution is -2.55. The van der Waals surface area contributed by atoms with Gasteiger partial charge >= 0.3 is 5.91 Å². The maximum Gasteiger partial charge on any atom is 0.350 e. The maximum absolute atomic E-state index is 14.8. The van der Waals surface area contributed by atoms with Gasteiger partial charge in [-0.2, -0.15) is 0 Å². The molecule has 1 saturated carbocycles. The van der Waals surface area contributed by atoms with Crippen LogP contribution in [0.5, 0.6) is 5.75 Å². The van der Waals surface area contributed by atoms with Crippen LogP contribution >= 0.6 is 0 Å². The Morgan fingerprint density at radius 1 is 0.904 bits per heavy atom. The lowest BCUT2D eigenvalue weighted by atomic mass is 9.87. The molecule has 7 rings (SSSR count). The molecule has 0 spiro atoms. The number of amides is 3. The van der Waals surface area contributed by atoms with E-state index in [1.165, 1.54) is 11.1 Å². The van der Waals surface area contributed by atoms with Crippen LogP contribution in [0.4, 0.5) is 5.69 Å². The second-order valence-corrected chi connectivity index (χ2v) is 14.4. The number of aryl methyl sites for hydroxylation is 1. The second-order valence-electron chi connectivity index (χ2n) is 14.4. The third-order valence-electron chi connectivity index (χ3n) is 10.9. The molecule has 1 unspecified atom stereocenters. The number of pyridine rings is 1. The monoisotopic (exact) mass is 702 g/mol. The zero-order valence-corrected chi connectivity index (χ0v) is 29.9. The van der Waals surface area contributed by atoms with Gasteiger partial charge in [0.15, 0.2) is 0 Å². The highest BCUT2D eigenvalue weighted by Crippen LogP contribution is 2.39. The summed E-state index contributed by atoms with van der Waals surface area (Å²) in [6.45, 7) is 3.91. The largest absolute Gasteiger partial charge is 0.490 e. The van der Waals surface area contributed by atoms with Crippen LogP contribution in [0, 0.1) is 0 Å². The van der Waals surface area contributed by atoms with Crippen LogP contribution in [0.3, 0.4) is 0 Å². The van der Waals surface area contributed by atoms with Gasteiger partial charge in [-0.25, -0.2) is 9.28 Å². The number of hydrogen-bond acceptors (Lipinski definition) is 7. The van der Waals surface area contributed by atoms with Gasteiger partial charge in [-0.15, -0.1) is 0 Å². The SMILES string of the molecule is C[N@@+](CCN1CCOCC1)(C(=O)c1cccc(C(N)=O)c1)c1ccc(OC2CCCC2)cc1-c1cc(C(=O)NC2CCCc3ccccc32)ccn1. The Kier molecular flexibility index (Phi) is 10.8. The molecule has 270 valence electrons. The summed E-state index contributed by atoms with van der Waals surface area (Å²) in [7, 11) is 1.91. The van der Waals surface area contributed by atoms with Gasteiger partial charge in [0.05, 0.1) is 49.2 Å². The van der Waals surface area contributed by atoms with Crippen LogP contribution in [-0.2, 0) is 11.2 Å². The number of nitrogens with zero attached hydrogens (tertiary/aromatic N) is 3. The quantitative estimate of drug-likeness (QED) is 0.182. The van der Waals surface area contributed by atoms with E-state index in [9.17, 15) is 14.4 Å². The van der Waals surface area contributed by atoms with E-state index in [4.69, 9.17) is 20.2 Å². The Labute approximate surface area is 305 Å². The van der Waals surface area contributed by atoms with E-state index in [0.29, 0.717) is 60.1 Å². The Bertz CT molecular complexity index is 1940. The zero-order valence-electron chi connectivity index (χ0n) is 29.9. The normalized spacial score (nSPS) is 19.0. The fourth-order valence-corrected chi connectivity index (χ4v) is 7.88. The van der Waals surface area contributed by atoms with Gasteiger partial charge in [-0.05, 0) is 98.5 Å². The first kappa shape index (κ1) is 35.5. The number of rotatable bonds is 11. The summed E-state index contributed by atoms with van der Waals surface area (Å²) in [5.41, 5.74) is 11.2. The van der Waals surface area contributed by atoms with Crippen molar-refractivity contribution in [3.63, 3.8) is 0 Å². The molecular formula is C42H48N5O5+. The Morgan fingerprint density at radius 3 is 2.50 bits per heavy atom. The fraction of sp³-hybridized carbons (Fsp3) is 0.381. The number of nitrogens with two attached hydrogens (primary N) is 1. The van der Waals surface area contributed by atoms with Gasteiger partial charge in [0.2, 0.25) is 5.91 Å². The highest BCUT2D eigenvalue weighted by atomic mass is 16.5. The zero-order chi connectivity index (χ0) is 36.1. The number of nitrogens with one attached hydrogen (secondary N) is 1. The molecule has 2 atom stereocenters. The van der Waals surface area contributed by atoms with Crippen LogP contribution in [0.2, 0.25) is 0 Å². The van der Waals surface area contributed by atoms with E-state index in [1.54, 1.807) is 36.5 Å². The number of likely N-dealkylation sites (N-methyl/N-ethyl adjacent to an activating group) is 1.